The van der Waals surface area contributed by atoms with Crippen LogP contribution in [0.3, 0.4) is 0 Å². The van der Waals surface area contributed by atoms with Crippen LogP contribution in [0.1, 0.15) is 17.5 Å². The lowest BCUT2D eigenvalue weighted by Gasteiger charge is -2.39. The summed E-state index contributed by atoms with van der Waals surface area (Å²) in [5, 5.41) is 7.48. The zero-order valence-electron chi connectivity index (χ0n) is 17.6. The van der Waals surface area contributed by atoms with Gasteiger partial charge in [-0.25, -0.2) is 8.42 Å². The number of sulfone groups is 1. The van der Waals surface area contributed by atoms with E-state index in [0.29, 0.717) is 37.6 Å². The first-order chi connectivity index (χ1) is 14.8. The van der Waals surface area contributed by atoms with Crippen LogP contribution < -0.4 is 15.5 Å². The van der Waals surface area contributed by atoms with Crippen molar-refractivity contribution >= 4 is 39.1 Å². The summed E-state index contributed by atoms with van der Waals surface area (Å²) in [5.41, 5.74) is 3.82. The Hall–Kier alpha value is -2.09. The van der Waals surface area contributed by atoms with E-state index in [1.165, 1.54) is 11.8 Å². The Morgan fingerprint density at radius 3 is 2.71 bits per heavy atom. The summed E-state index contributed by atoms with van der Waals surface area (Å²) in [7, 11) is -3.00. The van der Waals surface area contributed by atoms with Gasteiger partial charge in [0.25, 0.3) is 0 Å². The number of hydrogen-bond donors (Lipinski definition) is 2. The van der Waals surface area contributed by atoms with Crippen LogP contribution in [0.4, 0.5) is 11.4 Å². The third kappa shape index (κ3) is 4.73. The molecule has 166 valence electrons. The summed E-state index contributed by atoms with van der Waals surface area (Å²) in [6.45, 7) is 2.66. The zero-order chi connectivity index (χ0) is 22.1. The van der Waals surface area contributed by atoms with Gasteiger partial charge in [-0.05, 0) is 48.2 Å². The van der Waals surface area contributed by atoms with E-state index in [4.69, 9.17) is 11.6 Å². The number of rotatable bonds is 9. The molecule has 0 bridgehead atoms. The van der Waals surface area contributed by atoms with Gasteiger partial charge >= 0.3 is 0 Å². The number of benzene rings is 2. The van der Waals surface area contributed by atoms with Gasteiger partial charge in [-0.1, -0.05) is 29.8 Å². The van der Waals surface area contributed by atoms with Gasteiger partial charge in [0.05, 0.1) is 17.2 Å². The van der Waals surface area contributed by atoms with Crippen molar-refractivity contribution in [3.05, 3.63) is 58.6 Å². The summed E-state index contributed by atoms with van der Waals surface area (Å²) < 4.78 is 23.2. The van der Waals surface area contributed by atoms with Gasteiger partial charge in [-0.3, -0.25) is 0 Å². The van der Waals surface area contributed by atoms with Gasteiger partial charge in [0.1, 0.15) is 16.1 Å². The summed E-state index contributed by atoms with van der Waals surface area (Å²) in [4.78, 5) is 14.1. The summed E-state index contributed by atoms with van der Waals surface area (Å²) >= 11 is 6.21. The number of para-hydroxylation sites is 1. The molecule has 0 radical (unpaired) electrons. The smallest absolute Gasteiger partial charge is 0.147 e. The molecular formula is C23H28ClN3O3S. The molecule has 0 saturated carbocycles. The van der Waals surface area contributed by atoms with Crippen molar-refractivity contribution < 1.29 is 13.2 Å². The second-order valence-electron chi connectivity index (χ2n) is 8.61. The molecule has 2 aliphatic rings. The van der Waals surface area contributed by atoms with Crippen LogP contribution in [0.5, 0.6) is 0 Å². The second kappa shape index (κ2) is 8.81. The largest absolute Gasteiger partial charge is 0.383 e. The average molecular weight is 462 g/mol. The molecule has 31 heavy (non-hydrogen) atoms. The fraction of sp³-hybridized carbons (Fsp3) is 0.435. The summed E-state index contributed by atoms with van der Waals surface area (Å²) in [5.74, 6) is 0.171. The standard InChI is InChI=1S/C23H28ClN3O3S/c1-31(29,30)10-4-9-27-19(12-17-11-18(24)7-8-22(17)27)13-26-21-6-3-2-5-20(21)23(16-28)14-25-15-23/h2-3,5-8,11,16,19,25-26H,4,9-10,12-15H2,1H3/t19-/m0/s1. The predicted octanol–water partition coefficient (Wildman–Crippen LogP) is 2.66. The van der Waals surface area contributed by atoms with E-state index in [1.807, 2.05) is 42.5 Å². The van der Waals surface area contributed by atoms with Gasteiger partial charge in [0.2, 0.25) is 0 Å². The fourth-order valence-electron chi connectivity index (χ4n) is 4.57. The Kier molecular flexibility index (Phi) is 6.28. The minimum atomic E-state index is -3.00. The zero-order valence-corrected chi connectivity index (χ0v) is 19.2. The van der Waals surface area contributed by atoms with Crippen molar-refractivity contribution in [3.8, 4) is 0 Å². The van der Waals surface area contributed by atoms with Gasteiger partial charge in [-0.2, -0.15) is 0 Å². The van der Waals surface area contributed by atoms with Gasteiger partial charge in [-0.15, -0.1) is 0 Å². The van der Waals surface area contributed by atoms with Gasteiger partial charge in [0.15, 0.2) is 0 Å². The fourth-order valence-corrected chi connectivity index (χ4v) is 5.42. The molecule has 0 aromatic heterocycles. The molecule has 0 unspecified atom stereocenters. The normalized spacial score (nSPS) is 19.5. The Labute approximate surface area is 188 Å². The average Bonchev–Trinajstić information content (AvgIpc) is 3.02. The van der Waals surface area contributed by atoms with Crippen molar-refractivity contribution in [1.29, 1.82) is 0 Å². The van der Waals surface area contributed by atoms with E-state index in [-0.39, 0.29) is 11.8 Å². The van der Waals surface area contributed by atoms with E-state index in [0.717, 1.165) is 29.6 Å². The first kappa shape index (κ1) is 22.1. The minimum Gasteiger partial charge on any atom is -0.383 e. The Bertz CT molecular complexity index is 1070. The molecule has 4 rings (SSSR count). The van der Waals surface area contributed by atoms with Crippen LogP contribution in [0.25, 0.3) is 0 Å². The van der Waals surface area contributed by atoms with E-state index in [9.17, 15) is 13.2 Å². The molecule has 6 nitrogen and oxygen atoms in total. The van der Waals surface area contributed by atoms with Crippen LogP contribution in [-0.4, -0.2) is 58.9 Å². The molecule has 1 atom stereocenters. The molecule has 0 amide bonds. The topological polar surface area (TPSA) is 78.5 Å². The van der Waals surface area contributed by atoms with E-state index >= 15 is 0 Å². The molecular weight excluding hydrogens is 434 g/mol. The van der Waals surface area contributed by atoms with E-state index in [1.54, 1.807) is 0 Å². The number of hydrogen-bond acceptors (Lipinski definition) is 6. The summed E-state index contributed by atoms with van der Waals surface area (Å²) in [6, 6.07) is 14.1. The lowest BCUT2D eigenvalue weighted by atomic mass is 9.76. The van der Waals surface area contributed by atoms with E-state index < -0.39 is 15.3 Å². The molecule has 8 heteroatoms. The quantitative estimate of drug-likeness (QED) is 0.559. The van der Waals surface area contributed by atoms with Crippen molar-refractivity contribution in [1.82, 2.24) is 5.32 Å². The molecule has 1 fully saturated rings. The highest BCUT2D eigenvalue weighted by Crippen LogP contribution is 2.36. The maximum atomic E-state index is 11.8. The SMILES string of the molecule is CS(=O)(=O)CCCN1c2ccc(Cl)cc2C[C@H]1CNc1ccccc1C1(C=O)CNC1. The molecule has 2 aromatic carbocycles. The molecule has 2 N–H and O–H groups in total. The number of carbonyl (C=O) groups is 1. The number of halogens is 1. The first-order valence-electron chi connectivity index (χ1n) is 10.5. The maximum absolute atomic E-state index is 11.8. The van der Waals surface area contributed by atoms with Crippen LogP contribution in [0.2, 0.25) is 5.02 Å². The Morgan fingerprint density at radius 1 is 1.26 bits per heavy atom. The van der Waals surface area contributed by atoms with Gasteiger partial charge < -0.3 is 20.3 Å². The van der Waals surface area contributed by atoms with Crippen LogP contribution in [0, 0.1) is 0 Å². The minimum absolute atomic E-state index is 0.171. The van der Waals surface area contributed by atoms with Crippen LogP contribution >= 0.6 is 11.6 Å². The molecule has 2 aromatic rings. The van der Waals surface area contributed by atoms with Crippen molar-refractivity contribution in [2.45, 2.75) is 24.3 Å². The number of nitrogens with one attached hydrogen (secondary N) is 2. The molecule has 0 spiro atoms. The molecule has 1 saturated heterocycles. The lowest BCUT2D eigenvalue weighted by Crippen LogP contribution is -2.58. The third-order valence-electron chi connectivity index (χ3n) is 6.26. The number of aldehydes is 1. The summed E-state index contributed by atoms with van der Waals surface area (Å²) in [6.07, 6.45) is 3.74. The third-order valence-corrected chi connectivity index (χ3v) is 7.52. The highest BCUT2D eigenvalue weighted by Gasteiger charge is 2.40. The number of anilines is 2. The van der Waals surface area contributed by atoms with Crippen molar-refractivity contribution in [2.24, 2.45) is 0 Å². The van der Waals surface area contributed by atoms with Crippen LogP contribution in [0.15, 0.2) is 42.5 Å². The first-order valence-corrected chi connectivity index (χ1v) is 13.0. The monoisotopic (exact) mass is 461 g/mol. The van der Waals surface area contributed by atoms with E-state index in [2.05, 4.69) is 15.5 Å². The number of fused-ring (bicyclic) bond motifs is 1. The molecule has 2 aliphatic heterocycles. The van der Waals surface area contributed by atoms with Gasteiger partial charge in [0, 0.05) is 48.8 Å². The Balaban J connectivity index is 1.51. The highest BCUT2D eigenvalue weighted by atomic mass is 35.5. The number of carbonyl (C=O) groups excluding carboxylic acids is 1. The molecule has 0 aliphatic carbocycles. The Morgan fingerprint density at radius 2 is 2.03 bits per heavy atom. The molecule has 2 heterocycles. The van der Waals surface area contributed by atoms with Crippen molar-refractivity contribution in [2.75, 3.05) is 48.4 Å². The maximum Gasteiger partial charge on any atom is 0.147 e. The van der Waals surface area contributed by atoms with Crippen molar-refractivity contribution in [3.63, 3.8) is 0 Å². The lowest BCUT2D eigenvalue weighted by molar-refractivity contribution is -0.114. The predicted molar refractivity (Wildman–Crippen MR) is 126 cm³/mol. The number of nitrogens with zero attached hydrogens (tertiary/aromatic N) is 1. The van der Waals surface area contributed by atoms with Crippen LogP contribution in [-0.2, 0) is 26.5 Å². The highest BCUT2D eigenvalue weighted by molar-refractivity contribution is 7.90. The second-order valence-corrected chi connectivity index (χ2v) is 11.3.